The summed E-state index contributed by atoms with van der Waals surface area (Å²) in [4.78, 5) is 14.0. The molecule has 24 heavy (non-hydrogen) atoms. The van der Waals surface area contributed by atoms with Crippen LogP contribution in [0, 0.1) is 0 Å². The highest BCUT2D eigenvalue weighted by molar-refractivity contribution is 7.89. The maximum atomic E-state index is 12.7. The molecule has 0 saturated carbocycles. The summed E-state index contributed by atoms with van der Waals surface area (Å²) in [5, 5.41) is 3.15. The third-order valence-electron chi connectivity index (χ3n) is 4.17. The number of nitrogens with one attached hydrogen (secondary N) is 1. The molecule has 0 aromatic heterocycles. The van der Waals surface area contributed by atoms with Gasteiger partial charge in [-0.1, -0.05) is 30.7 Å². The number of piperazine rings is 1. The van der Waals surface area contributed by atoms with E-state index in [2.05, 4.69) is 5.32 Å². The third-order valence-corrected chi connectivity index (χ3v) is 6.57. The Bertz CT molecular complexity index is 673. The van der Waals surface area contributed by atoms with Crippen LogP contribution in [0.3, 0.4) is 0 Å². The Morgan fingerprint density at radius 1 is 1.25 bits per heavy atom. The number of hydrogen-bond acceptors (Lipinski definition) is 4. The number of carbonyl (C=O) groups excluding carboxylic acids is 1. The number of nitrogens with zero attached hydrogens (tertiary/aromatic N) is 2. The molecule has 6 nitrogen and oxygen atoms in total. The Morgan fingerprint density at radius 2 is 1.88 bits per heavy atom. The summed E-state index contributed by atoms with van der Waals surface area (Å²) in [5.74, 6) is -0.0215. The largest absolute Gasteiger partial charge is 0.353 e. The molecule has 1 aliphatic heterocycles. The van der Waals surface area contributed by atoms with Crippen LogP contribution >= 0.6 is 11.6 Å². The second-order valence-corrected chi connectivity index (χ2v) is 8.30. The van der Waals surface area contributed by atoms with Gasteiger partial charge in [0.1, 0.15) is 4.90 Å². The van der Waals surface area contributed by atoms with Crippen LogP contribution in [0.2, 0.25) is 5.02 Å². The summed E-state index contributed by atoms with van der Waals surface area (Å²) in [6.07, 6.45) is 0.885. The van der Waals surface area contributed by atoms with Crippen molar-refractivity contribution in [2.75, 3.05) is 32.7 Å². The molecular formula is C16H24ClN3O3S. The Hall–Kier alpha value is -1.15. The third kappa shape index (κ3) is 4.69. The first kappa shape index (κ1) is 19.2. The highest BCUT2D eigenvalue weighted by Crippen LogP contribution is 2.24. The van der Waals surface area contributed by atoms with Crippen molar-refractivity contribution in [1.82, 2.24) is 14.5 Å². The summed E-state index contributed by atoms with van der Waals surface area (Å²) < 4.78 is 26.8. The van der Waals surface area contributed by atoms with Crippen LogP contribution in [0.4, 0.5) is 0 Å². The number of carbonyl (C=O) groups is 1. The van der Waals surface area contributed by atoms with Crippen LogP contribution in [0.5, 0.6) is 0 Å². The minimum atomic E-state index is -3.59. The van der Waals surface area contributed by atoms with Crippen LogP contribution < -0.4 is 5.32 Å². The van der Waals surface area contributed by atoms with E-state index in [1.807, 2.05) is 18.7 Å². The lowest BCUT2D eigenvalue weighted by molar-refractivity contribution is -0.123. The van der Waals surface area contributed by atoms with Crippen molar-refractivity contribution in [3.05, 3.63) is 29.3 Å². The molecule has 0 radical (unpaired) electrons. The number of hydrogen-bond donors (Lipinski definition) is 1. The fraction of sp³-hybridized carbons (Fsp3) is 0.562. The van der Waals surface area contributed by atoms with Crippen molar-refractivity contribution in [2.24, 2.45) is 0 Å². The van der Waals surface area contributed by atoms with Crippen molar-refractivity contribution in [2.45, 2.75) is 31.2 Å². The van der Waals surface area contributed by atoms with Crippen molar-refractivity contribution >= 4 is 27.5 Å². The molecule has 0 bridgehead atoms. The lowest BCUT2D eigenvalue weighted by atomic mass is 10.2. The summed E-state index contributed by atoms with van der Waals surface area (Å²) in [5.41, 5.74) is 0. The second kappa shape index (κ2) is 8.29. The second-order valence-electron chi connectivity index (χ2n) is 5.99. The summed E-state index contributed by atoms with van der Waals surface area (Å²) in [6.45, 7) is 6.03. The van der Waals surface area contributed by atoms with Crippen molar-refractivity contribution < 1.29 is 13.2 Å². The average molecular weight is 374 g/mol. The van der Waals surface area contributed by atoms with Gasteiger partial charge in [-0.05, 0) is 25.5 Å². The minimum Gasteiger partial charge on any atom is -0.353 e. The first-order valence-corrected chi connectivity index (χ1v) is 9.92. The lowest BCUT2D eigenvalue weighted by Crippen LogP contribution is -2.51. The van der Waals surface area contributed by atoms with E-state index in [4.69, 9.17) is 11.6 Å². The van der Waals surface area contributed by atoms with Crippen LogP contribution in [-0.2, 0) is 14.8 Å². The zero-order valence-corrected chi connectivity index (χ0v) is 15.6. The zero-order valence-electron chi connectivity index (χ0n) is 14.0. The Morgan fingerprint density at radius 3 is 2.46 bits per heavy atom. The maximum absolute atomic E-state index is 12.7. The minimum absolute atomic E-state index is 0.0215. The molecule has 1 atom stereocenters. The fourth-order valence-electron chi connectivity index (χ4n) is 2.55. The van der Waals surface area contributed by atoms with Gasteiger partial charge < -0.3 is 5.32 Å². The van der Waals surface area contributed by atoms with Crippen molar-refractivity contribution in [3.63, 3.8) is 0 Å². The topological polar surface area (TPSA) is 69.7 Å². The Kier molecular flexibility index (Phi) is 6.62. The smallest absolute Gasteiger partial charge is 0.244 e. The zero-order chi connectivity index (χ0) is 17.7. The number of benzene rings is 1. The highest BCUT2D eigenvalue weighted by Gasteiger charge is 2.30. The summed E-state index contributed by atoms with van der Waals surface area (Å²) in [6, 6.07) is 6.61. The molecule has 0 spiro atoms. The van der Waals surface area contributed by atoms with E-state index in [9.17, 15) is 13.2 Å². The van der Waals surface area contributed by atoms with Gasteiger partial charge in [0.2, 0.25) is 15.9 Å². The van der Waals surface area contributed by atoms with Gasteiger partial charge in [0, 0.05) is 32.2 Å². The number of sulfonamides is 1. The van der Waals surface area contributed by atoms with Crippen molar-refractivity contribution in [3.8, 4) is 0 Å². The first-order valence-electron chi connectivity index (χ1n) is 8.11. The lowest BCUT2D eigenvalue weighted by Gasteiger charge is -2.33. The molecule has 2 rings (SSSR count). The van der Waals surface area contributed by atoms with E-state index < -0.39 is 10.0 Å². The Balaban J connectivity index is 1.93. The molecule has 1 heterocycles. The van der Waals surface area contributed by atoms with E-state index in [1.54, 1.807) is 18.2 Å². The number of rotatable bonds is 6. The predicted octanol–water partition coefficient (Wildman–Crippen LogP) is 1.56. The van der Waals surface area contributed by atoms with E-state index in [-0.39, 0.29) is 21.9 Å². The van der Waals surface area contributed by atoms with Crippen LogP contribution in [0.1, 0.15) is 20.3 Å². The van der Waals surface area contributed by atoms with Crippen LogP contribution in [-0.4, -0.2) is 62.3 Å². The molecule has 134 valence electrons. The van der Waals surface area contributed by atoms with Crippen LogP contribution in [0.25, 0.3) is 0 Å². The van der Waals surface area contributed by atoms with E-state index in [0.29, 0.717) is 32.7 Å². The Labute approximate surface area is 148 Å². The molecule has 1 N–H and O–H groups in total. The summed E-state index contributed by atoms with van der Waals surface area (Å²) in [7, 11) is -3.59. The normalized spacial score (nSPS) is 18.3. The van der Waals surface area contributed by atoms with Gasteiger partial charge in [0.25, 0.3) is 0 Å². The van der Waals surface area contributed by atoms with E-state index >= 15 is 0 Å². The summed E-state index contributed by atoms with van der Waals surface area (Å²) >= 11 is 6.02. The number of amides is 1. The van der Waals surface area contributed by atoms with Gasteiger partial charge in [0.15, 0.2) is 0 Å². The van der Waals surface area contributed by atoms with Gasteiger partial charge in [-0.3, -0.25) is 9.69 Å². The van der Waals surface area contributed by atoms with Gasteiger partial charge >= 0.3 is 0 Å². The molecule has 1 saturated heterocycles. The quantitative estimate of drug-likeness (QED) is 0.821. The molecule has 0 unspecified atom stereocenters. The molecule has 8 heteroatoms. The monoisotopic (exact) mass is 373 g/mol. The molecular weight excluding hydrogens is 350 g/mol. The van der Waals surface area contributed by atoms with Gasteiger partial charge in [0.05, 0.1) is 11.6 Å². The first-order chi connectivity index (χ1) is 11.3. The standard InChI is InChI=1S/C16H24ClN3O3S/c1-3-13(2)18-16(21)12-19-8-10-20(11-9-19)24(22,23)15-7-5-4-6-14(15)17/h4-7,13H,3,8-12H2,1-2H3,(H,18,21)/t13-/m0/s1. The molecule has 1 aromatic carbocycles. The average Bonchev–Trinajstić information content (AvgIpc) is 2.55. The van der Waals surface area contributed by atoms with E-state index in [0.717, 1.165) is 6.42 Å². The van der Waals surface area contributed by atoms with E-state index in [1.165, 1.54) is 10.4 Å². The van der Waals surface area contributed by atoms with Gasteiger partial charge in [-0.15, -0.1) is 0 Å². The molecule has 1 aliphatic rings. The predicted molar refractivity (Wildman–Crippen MR) is 94.5 cm³/mol. The molecule has 1 amide bonds. The maximum Gasteiger partial charge on any atom is 0.244 e. The molecule has 1 fully saturated rings. The van der Waals surface area contributed by atoms with Crippen molar-refractivity contribution in [1.29, 1.82) is 0 Å². The highest BCUT2D eigenvalue weighted by atomic mass is 35.5. The van der Waals surface area contributed by atoms with Gasteiger partial charge in [-0.25, -0.2) is 8.42 Å². The molecule has 0 aliphatic carbocycles. The van der Waals surface area contributed by atoms with Gasteiger partial charge in [-0.2, -0.15) is 4.31 Å². The number of halogens is 1. The van der Waals surface area contributed by atoms with Crippen LogP contribution in [0.15, 0.2) is 29.2 Å². The molecule has 1 aromatic rings. The SMILES string of the molecule is CC[C@H](C)NC(=O)CN1CCN(S(=O)(=O)c2ccccc2Cl)CC1. The fourth-order valence-corrected chi connectivity index (χ4v) is 4.46.